The van der Waals surface area contributed by atoms with Gasteiger partial charge in [-0.2, -0.15) is 0 Å². The Bertz CT molecular complexity index is 261. The molecule has 2 N–H and O–H groups in total. The summed E-state index contributed by atoms with van der Waals surface area (Å²) in [5.74, 6) is 0. The summed E-state index contributed by atoms with van der Waals surface area (Å²) < 4.78 is 0. The third kappa shape index (κ3) is 2.19. The van der Waals surface area contributed by atoms with Gasteiger partial charge in [0.1, 0.15) is 5.15 Å². The average Bonchev–Trinajstić information content (AvgIpc) is 2.08. The number of hydrogen-bond donors (Lipinski definition) is 1. The molecule has 3 heteroatoms. The van der Waals surface area contributed by atoms with Gasteiger partial charge < -0.3 is 5.73 Å². The van der Waals surface area contributed by atoms with E-state index in [1.165, 1.54) is 5.56 Å². The fraction of sp³-hybridized carbons (Fsp3) is 0.444. The van der Waals surface area contributed by atoms with E-state index < -0.39 is 0 Å². The maximum absolute atomic E-state index is 5.85. The van der Waals surface area contributed by atoms with E-state index in [2.05, 4.69) is 4.98 Å². The Morgan fingerprint density at radius 2 is 2.33 bits per heavy atom. The summed E-state index contributed by atoms with van der Waals surface area (Å²) in [5.41, 5.74) is 7.74. The van der Waals surface area contributed by atoms with Gasteiger partial charge >= 0.3 is 0 Å². The molecule has 2 nitrogen and oxygen atoms in total. The summed E-state index contributed by atoms with van der Waals surface area (Å²) in [7, 11) is 0. The summed E-state index contributed by atoms with van der Waals surface area (Å²) in [6.07, 6.45) is 3.73. The van der Waals surface area contributed by atoms with Crippen molar-refractivity contribution in [3.63, 3.8) is 0 Å². The van der Waals surface area contributed by atoms with Crippen molar-refractivity contribution in [2.75, 3.05) is 6.54 Å². The fourth-order valence-corrected chi connectivity index (χ4v) is 1.29. The lowest BCUT2D eigenvalue weighted by atomic mass is 10.1. The molecular formula is C9H13ClN2. The number of pyridine rings is 1. The highest BCUT2D eigenvalue weighted by molar-refractivity contribution is 6.30. The number of aryl methyl sites for hydroxylation is 1. The normalized spacial score (nSPS) is 10.2. The van der Waals surface area contributed by atoms with Crippen molar-refractivity contribution in [3.8, 4) is 0 Å². The maximum atomic E-state index is 5.85. The van der Waals surface area contributed by atoms with E-state index in [-0.39, 0.29) is 0 Å². The predicted octanol–water partition coefficient (Wildman–Crippen LogP) is 1.93. The molecule has 0 bridgehead atoms. The Morgan fingerprint density at radius 1 is 1.58 bits per heavy atom. The Kier molecular flexibility index (Phi) is 3.50. The van der Waals surface area contributed by atoms with E-state index in [0.717, 1.165) is 24.9 Å². The smallest absolute Gasteiger partial charge is 0.132 e. The molecular weight excluding hydrogens is 172 g/mol. The summed E-state index contributed by atoms with van der Waals surface area (Å²) in [5, 5.41) is 0.601. The van der Waals surface area contributed by atoms with Crippen molar-refractivity contribution in [2.24, 2.45) is 5.73 Å². The summed E-state index contributed by atoms with van der Waals surface area (Å²) >= 11 is 5.85. The first-order chi connectivity index (χ1) is 5.75. The van der Waals surface area contributed by atoms with Gasteiger partial charge in [0, 0.05) is 6.20 Å². The highest BCUT2D eigenvalue weighted by Gasteiger charge is 2.01. The van der Waals surface area contributed by atoms with Gasteiger partial charge in [-0.3, -0.25) is 0 Å². The van der Waals surface area contributed by atoms with Crippen LogP contribution in [-0.4, -0.2) is 11.5 Å². The second-order valence-corrected chi connectivity index (χ2v) is 3.14. The molecule has 1 rings (SSSR count). The minimum absolute atomic E-state index is 0.601. The molecule has 1 heterocycles. The zero-order valence-corrected chi connectivity index (χ0v) is 7.93. The third-order valence-corrected chi connectivity index (χ3v) is 2.29. The van der Waals surface area contributed by atoms with Crippen LogP contribution in [-0.2, 0) is 6.42 Å². The molecule has 0 aliphatic carbocycles. The summed E-state index contributed by atoms with van der Waals surface area (Å²) in [6.45, 7) is 2.71. The van der Waals surface area contributed by atoms with Crippen LogP contribution in [0.3, 0.4) is 0 Å². The number of nitrogens with two attached hydrogens (primary N) is 1. The molecule has 0 aliphatic rings. The topological polar surface area (TPSA) is 38.9 Å². The van der Waals surface area contributed by atoms with Gasteiger partial charge in [-0.1, -0.05) is 11.6 Å². The first-order valence-electron chi connectivity index (χ1n) is 4.05. The van der Waals surface area contributed by atoms with Crippen LogP contribution in [0.1, 0.15) is 17.5 Å². The monoisotopic (exact) mass is 184 g/mol. The van der Waals surface area contributed by atoms with E-state index in [1.54, 1.807) is 6.20 Å². The molecule has 66 valence electrons. The average molecular weight is 185 g/mol. The first-order valence-corrected chi connectivity index (χ1v) is 4.43. The Labute approximate surface area is 77.8 Å². The van der Waals surface area contributed by atoms with Crippen molar-refractivity contribution in [1.82, 2.24) is 4.98 Å². The molecule has 0 fully saturated rings. The molecule has 12 heavy (non-hydrogen) atoms. The standard InChI is InChI=1S/C9H13ClN2/c1-7-8(3-2-5-11)4-6-12-9(7)10/h4,6H,2-3,5,11H2,1H3. The summed E-state index contributed by atoms with van der Waals surface area (Å²) in [6, 6.07) is 2.00. The molecule has 0 amide bonds. The molecule has 0 saturated carbocycles. The molecule has 0 radical (unpaired) electrons. The van der Waals surface area contributed by atoms with Crippen molar-refractivity contribution >= 4 is 11.6 Å². The quantitative estimate of drug-likeness (QED) is 0.730. The van der Waals surface area contributed by atoms with Gasteiger partial charge in [-0.15, -0.1) is 0 Å². The second kappa shape index (κ2) is 4.43. The molecule has 0 atom stereocenters. The number of halogens is 1. The van der Waals surface area contributed by atoms with Crippen LogP contribution in [0, 0.1) is 6.92 Å². The van der Waals surface area contributed by atoms with Gasteiger partial charge in [0.15, 0.2) is 0 Å². The van der Waals surface area contributed by atoms with Gasteiger partial charge in [0.2, 0.25) is 0 Å². The van der Waals surface area contributed by atoms with Gasteiger partial charge in [0.25, 0.3) is 0 Å². The Balaban J connectivity index is 2.78. The number of rotatable bonds is 3. The second-order valence-electron chi connectivity index (χ2n) is 2.78. The van der Waals surface area contributed by atoms with Crippen LogP contribution in [0.4, 0.5) is 0 Å². The van der Waals surface area contributed by atoms with Crippen LogP contribution in [0.5, 0.6) is 0 Å². The van der Waals surface area contributed by atoms with Crippen LogP contribution in [0.25, 0.3) is 0 Å². The van der Waals surface area contributed by atoms with Crippen molar-refractivity contribution in [1.29, 1.82) is 0 Å². The third-order valence-electron chi connectivity index (χ3n) is 1.90. The molecule has 0 aromatic carbocycles. The lowest BCUT2D eigenvalue weighted by molar-refractivity contribution is 0.826. The number of aromatic nitrogens is 1. The number of nitrogens with zero attached hydrogens (tertiary/aromatic N) is 1. The predicted molar refractivity (Wildman–Crippen MR) is 51.4 cm³/mol. The van der Waals surface area contributed by atoms with E-state index in [0.29, 0.717) is 5.15 Å². The van der Waals surface area contributed by atoms with Crippen LogP contribution < -0.4 is 5.73 Å². The molecule has 0 saturated heterocycles. The Morgan fingerprint density at radius 3 is 3.00 bits per heavy atom. The van der Waals surface area contributed by atoms with Gasteiger partial charge in [-0.25, -0.2) is 4.98 Å². The fourth-order valence-electron chi connectivity index (χ4n) is 1.11. The molecule has 1 aromatic heterocycles. The minimum Gasteiger partial charge on any atom is -0.330 e. The zero-order valence-electron chi connectivity index (χ0n) is 7.18. The SMILES string of the molecule is Cc1c(CCCN)ccnc1Cl. The minimum atomic E-state index is 0.601. The highest BCUT2D eigenvalue weighted by atomic mass is 35.5. The van der Waals surface area contributed by atoms with Crippen LogP contribution in [0.2, 0.25) is 5.15 Å². The zero-order chi connectivity index (χ0) is 8.97. The highest BCUT2D eigenvalue weighted by Crippen LogP contribution is 2.16. The van der Waals surface area contributed by atoms with Crippen LogP contribution in [0.15, 0.2) is 12.3 Å². The van der Waals surface area contributed by atoms with E-state index >= 15 is 0 Å². The van der Waals surface area contributed by atoms with Crippen LogP contribution >= 0.6 is 11.6 Å². The molecule has 0 aliphatic heterocycles. The number of hydrogen-bond acceptors (Lipinski definition) is 2. The Hall–Kier alpha value is -0.600. The molecule has 1 aromatic rings. The lowest BCUT2D eigenvalue weighted by Crippen LogP contribution is -2.01. The van der Waals surface area contributed by atoms with Crippen molar-refractivity contribution in [3.05, 3.63) is 28.5 Å². The molecule has 0 spiro atoms. The van der Waals surface area contributed by atoms with Gasteiger partial charge in [-0.05, 0) is 43.5 Å². The lowest BCUT2D eigenvalue weighted by Gasteiger charge is -2.04. The summed E-state index contributed by atoms with van der Waals surface area (Å²) in [4.78, 5) is 3.98. The van der Waals surface area contributed by atoms with Crippen molar-refractivity contribution < 1.29 is 0 Å². The van der Waals surface area contributed by atoms with E-state index in [1.807, 2.05) is 13.0 Å². The molecule has 0 unspecified atom stereocenters. The van der Waals surface area contributed by atoms with Gasteiger partial charge in [0.05, 0.1) is 0 Å². The maximum Gasteiger partial charge on any atom is 0.132 e. The van der Waals surface area contributed by atoms with E-state index in [4.69, 9.17) is 17.3 Å². The first kappa shape index (κ1) is 9.49. The van der Waals surface area contributed by atoms with Crippen molar-refractivity contribution in [2.45, 2.75) is 19.8 Å². The largest absolute Gasteiger partial charge is 0.330 e. The van der Waals surface area contributed by atoms with E-state index in [9.17, 15) is 0 Å².